The van der Waals surface area contributed by atoms with Crippen LogP contribution in [0.25, 0.3) is 11.3 Å². The molecule has 0 aliphatic heterocycles. The van der Waals surface area contributed by atoms with E-state index in [0.29, 0.717) is 5.69 Å². The molecule has 0 saturated carbocycles. The smallest absolute Gasteiger partial charge is 0.135 e. The van der Waals surface area contributed by atoms with Crippen molar-refractivity contribution in [1.29, 1.82) is 0 Å². The first-order chi connectivity index (χ1) is 9.01. The van der Waals surface area contributed by atoms with Gasteiger partial charge in [0.1, 0.15) is 16.6 Å². The van der Waals surface area contributed by atoms with Gasteiger partial charge in [-0.25, -0.2) is 13.8 Å². The molecule has 1 aromatic carbocycles. The summed E-state index contributed by atoms with van der Waals surface area (Å²) in [6.45, 7) is 3.96. The maximum atomic E-state index is 13.7. The average Bonchev–Trinajstić information content (AvgIpc) is 2.87. The fraction of sp³-hybridized carbons (Fsp3) is 0.357. The molecule has 2 rings (SSSR count). The number of benzene rings is 1. The number of hydrogen-bond acceptors (Lipinski definition) is 3. The Bertz CT molecular complexity index is 556. The van der Waals surface area contributed by atoms with Gasteiger partial charge in [0.25, 0.3) is 0 Å². The van der Waals surface area contributed by atoms with Crippen LogP contribution in [0, 0.1) is 11.6 Å². The Morgan fingerprint density at radius 1 is 1.21 bits per heavy atom. The van der Waals surface area contributed by atoms with Crippen molar-refractivity contribution in [3.05, 3.63) is 40.2 Å². The first kappa shape index (κ1) is 14.1. The van der Waals surface area contributed by atoms with Gasteiger partial charge in [0.05, 0.1) is 16.8 Å². The third kappa shape index (κ3) is 2.53. The molecule has 2 aromatic rings. The van der Waals surface area contributed by atoms with E-state index in [9.17, 15) is 8.78 Å². The number of thiazole rings is 1. The zero-order chi connectivity index (χ0) is 14.0. The molecule has 1 aromatic heterocycles. The molecule has 19 heavy (non-hydrogen) atoms. The number of rotatable bonds is 4. The van der Waals surface area contributed by atoms with Crippen LogP contribution in [0.15, 0.2) is 23.6 Å². The molecule has 0 fully saturated rings. The van der Waals surface area contributed by atoms with E-state index in [2.05, 4.69) is 4.98 Å². The van der Waals surface area contributed by atoms with Crippen molar-refractivity contribution in [3.8, 4) is 11.3 Å². The molecule has 0 amide bonds. The summed E-state index contributed by atoms with van der Waals surface area (Å²) in [5.74, 6) is -1.21. The lowest BCUT2D eigenvalue weighted by Gasteiger charge is -2.23. The van der Waals surface area contributed by atoms with Crippen molar-refractivity contribution < 1.29 is 8.78 Å². The molecule has 0 bridgehead atoms. The summed E-state index contributed by atoms with van der Waals surface area (Å²) in [4.78, 5) is 4.33. The Morgan fingerprint density at radius 3 is 2.32 bits per heavy atom. The summed E-state index contributed by atoms with van der Waals surface area (Å²) < 4.78 is 27.4. The predicted octanol–water partition coefficient (Wildman–Crippen LogP) is 4.06. The average molecular weight is 282 g/mol. The van der Waals surface area contributed by atoms with Crippen LogP contribution in [0.5, 0.6) is 0 Å². The number of nitrogens with two attached hydrogens (primary N) is 1. The first-order valence-corrected chi connectivity index (χ1v) is 7.09. The molecule has 0 atom stereocenters. The lowest BCUT2D eigenvalue weighted by Crippen LogP contribution is -2.34. The zero-order valence-corrected chi connectivity index (χ0v) is 11.7. The molecular formula is C14H16F2N2S. The monoisotopic (exact) mass is 282 g/mol. The van der Waals surface area contributed by atoms with Crippen molar-refractivity contribution in [2.24, 2.45) is 5.73 Å². The van der Waals surface area contributed by atoms with Crippen molar-refractivity contribution in [2.45, 2.75) is 32.2 Å². The molecule has 0 unspecified atom stereocenters. The fourth-order valence-corrected chi connectivity index (χ4v) is 2.98. The molecule has 5 heteroatoms. The largest absolute Gasteiger partial charge is 0.319 e. The highest BCUT2D eigenvalue weighted by Gasteiger charge is 2.27. The van der Waals surface area contributed by atoms with Crippen molar-refractivity contribution in [3.63, 3.8) is 0 Å². The maximum absolute atomic E-state index is 13.7. The summed E-state index contributed by atoms with van der Waals surface area (Å²) in [5.41, 5.74) is 5.95. The van der Waals surface area contributed by atoms with Gasteiger partial charge in [0.2, 0.25) is 0 Å². The minimum atomic E-state index is -0.604. The predicted molar refractivity (Wildman–Crippen MR) is 73.9 cm³/mol. The van der Waals surface area contributed by atoms with Crippen LogP contribution in [-0.4, -0.2) is 4.98 Å². The SMILES string of the molecule is CCC(N)(CC)c1nc(-c2c(F)cccc2F)cs1. The lowest BCUT2D eigenvalue weighted by molar-refractivity contribution is 0.411. The van der Waals surface area contributed by atoms with E-state index in [0.717, 1.165) is 17.8 Å². The van der Waals surface area contributed by atoms with Crippen molar-refractivity contribution >= 4 is 11.3 Å². The van der Waals surface area contributed by atoms with Gasteiger partial charge in [0.15, 0.2) is 0 Å². The molecule has 0 aliphatic carbocycles. The van der Waals surface area contributed by atoms with Crippen LogP contribution < -0.4 is 5.73 Å². The molecule has 1 heterocycles. The molecule has 2 N–H and O–H groups in total. The van der Waals surface area contributed by atoms with E-state index in [-0.39, 0.29) is 5.56 Å². The van der Waals surface area contributed by atoms with Crippen LogP contribution >= 0.6 is 11.3 Å². The van der Waals surface area contributed by atoms with Crippen LogP contribution in [0.2, 0.25) is 0 Å². The quantitative estimate of drug-likeness (QED) is 0.918. The Morgan fingerprint density at radius 2 is 1.79 bits per heavy atom. The first-order valence-electron chi connectivity index (χ1n) is 6.21. The molecule has 2 nitrogen and oxygen atoms in total. The van der Waals surface area contributed by atoms with E-state index < -0.39 is 17.2 Å². The highest BCUT2D eigenvalue weighted by Crippen LogP contribution is 2.33. The Labute approximate surface area is 115 Å². The van der Waals surface area contributed by atoms with E-state index in [1.54, 1.807) is 5.38 Å². The molecule has 0 aliphatic rings. The standard InChI is InChI=1S/C14H16F2N2S/c1-3-14(17,4-2)13-18-11(8-19-13)12-9(15)6-5-7-10(12)16/h5-8H,3-4,17H2,1-2H3. The summed E-state index contributed by atoms with van der Waals surface area (Å²) in [7, 11) is 0. The third-order valence-corrected chi connectivity index (χ3v) is 4.47. The van der Waals surface area contributed by atoms with Gasteiger partial charge in [0, 0.05) is 5.38 Å². The number of aromatic nitrogens is 1. The lowest BCUT2D eigenvalue weighted by atomic mass is 9.95. The highest BCUT2D eigenvalue weighted by molar-refractivity contribution is 7.10. The van der Waals surface area contributed by atoms with E-state index >= 15 is 0 Å². The Kier molecular flexibility index (Phi) is 3.96. The van der Waals surface area contributed by atoms with Crippen molar-refractivity contribution in [1.82, 2.24) is 4.98 Å². The normalized spacial score (nSPS) is 11.8. The minimum Gasteiger partial charge on any atom is -0.319 e. The molecule has 0 radical (unpaired) electrons. The second-order valence-corrected chi connectivity index (χ2v) is 5.36. The minimum absolute atomic E-state index is 0.0837. The van der Waals surface area contributed by atoms with Crippen molar-refractivity contribution in [2.75, 3.05) is 0 Å². The van der Waals surface area contributed by atoms with E-state index in [4.69, 9.17) is 5.73 Å². The second kappa shape index (κ2) is 5.35. The van der Waals surface area contributed by atoms with Gasteiger partial charge in [-0.05, 0) is 25.0 Å². The molecular weight excluding hydrogens is 266 g/mol. The second-order valence-electron chi connectivity index (χ2n) is 4.50. The fourth-order valence-electron chi connectivity index (χ4n) is 1.91. The molecule has 0 saturated heterocycles. The Hall–Kier alpha value is -1.33. The zero-order valence-electron chi connectivity index (χ0n) is 10.9. The van der Waals surface area contributed by atoms with Crippen LogP contribution in [0.4, 0.5) is 8.78 Å². The van der Waals surface area contributed by atoms with Gasteiger partial charge < -0.3 is 5.73 Å². The molecule has 102 valence electrons. The van der Waals surface area contributed by atoms with E-state index in [1.165, 1.54) is 29.5 Å². The van der Waals surface area contributed by atoms with Crippen LogP contribution in [0.1, 0.15) is 31.7 Å². The Balaban J connectivity index is 2.47. The summed E-state index contributed by atoms with van der Waals surface area (Å²) in [6, 6.07) is 3.80. The van der Waals surface area contributed by atoms with Gasteiger partial charge in [-0.2, -0.15) is 0 Å². The highest BCUT2D eigenvalue weighted by atomic mass is 32.1. The van der Waals surface area contributed by atoms with Crippen LogP contribution in [-0.2, 0) is 5.54 Å². The van der Waals surface area contributed by atoms with Gasteiger partial charge in [-0.3, -0.25) is 0 Å². The maximum Gasteiger partial charge on any atom is 0.135 e. The summed E-state index contributed by atoms with van der Waals surface area (Å²) in [6.07, 6.45) is 1.46. The van der Waals surface area contributed by atoms with Gasteiger partial charge in [-0.15, -0.1) is 11.3 Å². The topological polar surface area (TPSA) is 38.9 Å². The third-order valence-electron chi connectivity index (χ3n) is 3.41. The molecule has 0 spiro atoms. The number of halogens is 2. The summed E-state index contributed by atoms with van der Waals surface area (Å²) >= 11 is 1.35. The number of hydrogen-bond donors (Lipinski definition) is 1. The van der Waals surface area contributed by atoms with Gasteiger partial charge in [-0.1, -0.05) is 19.9 Å². The summed E-state index contributed by atoms with van der Waals surface area (Å²) in [5, 5.41) is 2.37. The number of nitrogens with zero attached hydrogens (tertiary/aromatic N) is 1. The van der Waals surface area contributed by atoms with Gasteiger partial charge >= 0.3 is 0 Å². The van der Waals surface area contributed by atoms with Crippen LogP contribution in [0.3, 0.4) is 0 Å². The van der Waals surface area contributed by atoms with E-state index in [1.807, 2.05) is 13.8 Å².